The molecule has 22 heavy (non-hydrogen) atoms. The molecule has 1 fully saturated rings. The maximum atomic E-state index is 11.3. The second kappa shape index (κ2) is 8.18. The van der Waals surface area contributed by atoms with Crippen molar-refractivity contribution < 1.29 is 9.90 Å². The molecule has 1 saturated heterocycles. The van der Waals surface area contributed by atoms with Gasteiger partial charge in [0, 0.05) is 31.4 Å². The van der Waals surface area contributed by atoms with Crippen molar-refractivity contribution in [3.05, 3.63) is 30.3 Å². The smallest absolute Gasteiger partial charge is 0.307 e. The van der Waals surface area contributed by atoms with Crippen LogP contribution in [0.3, 0.4) is 0 Å². The van der Waals surface area contributed by atoms with Crippen LogP contribution in [0.4, 0.5) is 5.69 Å². The predicted molar refractivity (Wildman–Crippen MR) is 90.3 cm³/mol. The van der Waals surface area contributed by atoms with Crippen LogP contribution in [0.15, 0.2) is 30.3 Å². The topological polar surface area (TPSA) is 52.6 Å². The zero-order valence-corrected chi connectivity index (χ0v) is 13.7. The normalized spacial score (nSPS) is 17.7. The van der Waals surface area contributed by atoms with Crippen LogP contribution in [-0.4, -0.2) is 36.8 Å². The minimum atomic E-state index is -0.678. The van der Waals surface area contributed by atoms with Crippen molar-refractivity contribution in [1.29, 1.82) is 0 Å². The fraction of sp³-hybridized carbons (Fsp3) is 0.611. The number of hydrogen-bond donors (Lipinski definition) is 2. The highest BCUT2D eigenvalue weighted by atomic mass is 16.4. The van der Waals surface area contributed by atoms with E-state index in [-0.39, 0.29) is 5.92 Å². The molecule has 4 nitrogen and oxygen atoms in total. The Morgan fingerprint density at radius 2 is 1.91 bits per heavy atom. The van der Waals surface area contributed by atoms with Crippen molar-refractivity contribution in [3.8, 4) is 0 Å². The highest BCUT2D eigenvalue weighted by Gasteiger charge is 2.23. The number of carboxylic acid groups (broad SMARTS) is 1. The molecule has 0 saturated carbocycles. The Labute approximate surface area is 133 Å². The first-order chi connectivity index (χ1) is 10.6. The molecule has 2 N–H and O–H groups in total. The van der Waals surface area contributed by atoms with Crippen LogP contribution in [0.25, 0.3) is 0 Å². The molecule has 0 aromatic heterocycles. The van der Waals surface area contributed by atoms with Gasteiger partial charge in [0.1, 0.15) is 0 Å². The minimum Gasteiger partial charge on any atom is -0.481 e. The molecule has 0 aliphatic carbocycles. The lowest BCUT2D eigenvalue weighted by molar-refractivity contribution is -0.142. The second-order valence-electron chi connectivity index (χ2n) is 6.67. The molecule has 0 amide bonds. The van der Waals surface area contributed by atoms with E-state index in [9.17, 15) is 9.90 Å². The molecule has 1 aromatic carbocycles. The van der Waals surface area contributed by atoms with Gasteiger partial charge in [-0.1, -0.05) is 32.0 Å². The maximum Gasteiger partial charge on any atom is 0.307 e. The Balaban J connectivity index is 1.76. The zero-order chi connectivity index (χ0) is 15.9. The molecule has 2 rings (SSSR count). The van der Waals surface area contributed by atoms with Gasteiger partial charge in [-0.05, 0) is 37.3 Å². The lowest BCUT2D eigenvalue weighted by atomic mass is 9.96. The summed E-state index contributed by atoms with van der Waals surface area (Å²) in [5.74, 6) is -0.530. The van der Waals surface area contributed by atoms with Crippen molar-refractivity contribution >= 4 is 11.7 Å². The summed E-state index contributed by atoms with van der Waals surface area (Å²) in [5, 5.41) is 12.8. The standard InChI is InChI=1S/C18H28N2O2/c1-14(2)12-15(18(21)22)13-19-16-8-10-20(11-9-16)17-6-4-3-5-7-17/h3-7,14-16,19H,8-13H2,1-2H3,(H,21,22). The Bertz CT molecular complexity index is 453. The molecule has 4 heteroatoms. The lowest BCUT2D eigenvalue weighted by Crippen LogP contribution is -2.44. The summed E-state index contributed by atoms with van der Waals surface area (Å²) in [7, 11) is 0. The van der Waals surface area contributed by atoms with Crippen LogP contribution >= 0.6 is 0 Å². The summed E-state index contributed by atoms with van der Waals surface area (Å²) in [6, 6.07) is 10.9. The number of benzene rings is 1. The van der Waals surface area contributed by atoms with Crippen LogP contribution in [0, 0.1) is 11.8 Å². The van der Waals surface area contributed by atoms with Gasteiger partial charge in [-0.25, -0.2) is 0 Å². The van der Waals surface area contributed by atoms with Gasteiger partial charge in [0.25, 0.3) is 0 Å². The molecule has 1 heterocycles. The SMILES string of the molecule is CC(C)CC(CNC1CCN(c2ccccc2)CC1)C(=O)O. The largest absolute Gasteiger partial charge is 0.481 e. The van der Waals surface area contributed by atoms with E-state index in [2.05, 4.69) is 48.3 Å². The molecule has 0 bridgehead atoms. The van der Waals surface area contributed by atoms with E-state index in [1.165, 1.54) is 5.69 Å². The van der Waals surface area contributed by atoms with Crippen molar-refractivity contribution in [3.63, 3.8) is 0 Å². The van der Waals surface area contributed by atoms with Crippen molar-refractivity contribution in [2.24, 2.45) is 11.8 Å². The van der Waals surface area contributed by atoms with Crippen molar-refractivity contribution in [1.82, 2.24) is 5.32 Å². The Hall–Kier alpha value is -1.55. The van der Waals surface area contributed by atoms with E-state index in [0.29, 0.717) is 18.5 Å². The molecule has 1 unspecified atom stereocenters. The fourth-order valence-corrected chi connectivity index (χ4v) is 3.13. The first-order valence-corrected chi connectivity index (χ1v) is 8.32. The third-order valence-electron chi connectivity index (χ3n) is 4.37. The molecule has 1 aliphatic rings. The summed E-state index contributed by atoms with van der Waals surface area (Å²) in [4.78, 5) is 13.7. The van der Waals surface area contributed by atoms with Crippen molar-refractivity contribution in [2.45, 2.75) is 39.2 Å². The van der Waals surface area contributed by atoms with E-state index >= 15 is 0 Å². The number of carbonyl (C=O) groups is 1. The third kappa shape index (κ3) is 5.02. The van der Waals surface area contributed by atoms with E-state index in [0.717, 1.165) is 32.4 Å². The van der Waals surface area contributed by atoms with E-state index in [4.69, 9.17) is 0 Å². The van der Waals surface area contributed by atoms with Gasteiger partial charge in [-0.15, -0.1) is 0 Å². The number of nitrogens with one attached hydrogen (secondary N) is 1. The van der Waals surface area contributed by atoms with Gasteiger partial charge in [-0.2, -0.15) is 0 Å². The number of hydrogen-bond acceptors (Lipinski definition) is 3. The fourth-order valence-electron chi connectivity index (χ4n) is 3.13. The average Bonchev–Trinajstić information content (AvgIpc) is 2.52. The van der Waals surface area contributed by atoms with E-state index in [1.807, 2.05) is 6.07 Å². The van der Waals surface area contributed by atoms with E-state index in [1.54, 1.807) is 0 Å². The number of nitrogens with zero attached hydrogens (tertiary/aromatic N) is 1. The number of anilines is 1. The molecule has 1 aromatic rings. The van der Waals surface area contributed by atoms with Crippen LogP contribution in [0.5, 0.6) is 0 Å². The molecular formula is C18H28N2O2. The van der Waals surface area contributed by atoms with Crippen molar-refractivity contribution in [2.75, 3.05) is 24.5 Å². The number of aliphatic carboxylic acids is 1. The number of para-hydroxylation sites is 1. The van der Waals surface area contributed by atoms with Crippen LogP contribution in [0.1, 0.15) is 33.1 Å². The first-order valence-electron chi connectivity index (χ1n) is 8.32. The van der Waals surface area contributed by atoms with Gasteiger partial charge >= 0.3 is 5.97 Å². The monoisotopic (exact) mass is 304 g/mol. The first kappa shape index (κ1) is 16.8. The summed E-state index contributed by atoms with van der Waals surface area (Å²) in [5.41, 5.74) is 1.28. The van der Waals surface area contributed by atoms with Gasteiger partial charge in [0.2, 0.25) is 0 Å². The molecule has 1 aliphatic heterocycles. The van der Waals surface area contributed by atoms with Gasteiger partial charge in [0.15, 0.2) is 0 Å². The molecule has 122 valence electrons. The quantitative estimate of drug-likeness (QED) is 0.813. The second-order valence-corrected chi connectivity index (χ2v) is 6.67. The average molecular weight is 304 g/mol. The lowest BCUT2D eigenvalue weighted by Gasteiger charge is -2.34. The summed E-state index contributed by atoms with van der Waals surface area (Å²) < 4.78 is 0. The highest BCUT2D eigenvalue weighted by molar-refractivity contribution is 5.70. The number of piperidine rings is 1. The molecule has 0 radical (unpaired) electrons. The number of rotatable bonds is 7. The number of carboxylic acids is 1. The van der Waals surface area contributed by atoms with Gasteiger partial charge in [0.05, 0.1) is 5.92 Å². The summed E-state index contributed by atoms with van der Waals surface area (Å²) in [6.07, 6.45) is 2.89. The minimum absolute atomic E-state index is 0.271. The molecule has 0 spiro atoms. The maximum absolute atomic E-state index is 11.3. The van der Waals surface area contributed by atoms with Crippen LogP contribution in [0.2, 0.25) is 0 Å². The third-order valence-corrected chi connectivity index (χ3v) is 4.37. The Kier molecular flexibility index (Phi) is 6.25. The Morgan fingerprint density at radius 3 is 2.45 bits per heavy atom. The summed E-state index contributed by atoms with van der Waals surface area (Å²) >= 11 is 0. The highest BCUT2D eigenvalue weighted by Crippen LogP contribution is 2.20. The zero-order valence-electron chi connectivity index (χ0n) is 13.7. The van der Waals surface area contributed by atoms with Crippen LogP contribution < -0.4 is 10.2 Å². The Morgan fingerprint density at radius 1 is 1.27 bits per heavy atom. The molecular weight excluding hydrogens is 276 g/mol. The summed E-state index contributed by atoms with van der Waals surface area (Å²) in [6.45, 7) is 6.80. The van der Waals surface area contributed by atoms with Crippen LogP contribution in [-0.2, 0) is 4.79 Å². The van der Waals surface area contributed by atoms with Gasteiger partial charge in [-0.3, -0.25) is 4.79 Å². The predicted octanol–water partition coefficient (Wildman–Crippen LogP) is 2.99. The molecule has 1 atom stereocenters. The van der Waals surface area contributed by atoms with Gasteiger partial charge < -0.3 is 15.3 Å². The van der Waals surface area contributed by atoms with E-state index < -0.39 is 5.97 Å².